The van der Waals surface area contributed by atoms with Gasteiger partial charge in [0.15, 0.2) is 0 Å². The Labute approximate surface area is 119 Å². The molecule has 18 heavy (non-hydrogen) atoms. The van der Waals surface area contributed by atoms with Crippen molar-refractivity contribution >= 4 is 33.0 Å². The van der Waals surface area contributed by atoms with Gasteiger partial charge in [0, 0.05) is 22.1 Å². The first kappa shape index (κ1) is 13.5. The molecule has 0 saturated carbocycles. The fourth-order valence-electron chi connectivity index (χ4n) is 1.69. The molecule has 0 aliphatic heterocycles. The molecule has 2 aromatic rings. The molecule has 0 radical (unpaired) electrons. The van der Waals surface area contributed by atoms with Crippen LogP contribution in [0.4, 0.5) is 5.69 Å². The van der Waals surface area contributed by atoms with Crippen molar-refractivity contribution in [1.29, 1.82) is 0 Å². The summed E-state index contributed by atoms with van der Waals surface area (Å²) in [5.41, 5.74) is 4.99. The third-order valence-electron chi connectivity index (χ3n) is 2.87. The van der Waals surface area contributed by atoms with Crippen LogP contribution >= 0.6 is 27.3 Å². The van der Waals surface area contributed by atoms with Gasteiger partial charge in [-0.05, 0) is 24.6 Å². The van der Waals surface area contributed by atoms with Crippen molar-refractivity contribution in [3.63, 3.8) is 0 Å². The molecule has 3 nitrogen and oxygen atoms in total. The number of aliphatic hydroxyl groups excluding tert-OH is 1. The molecule has 2 rings (SSSR count). The van der Waals surface area contributed by atoms with E-state index in [1.165, 1.54) is 4.88 Å². The van der Waals surface area contributed by atoms with Crippen molar-refractivity contribution in [2.24, 2.45) is 0 Å². The average Bonchev–Trinajstić information content (AvgIpc) is 2.75. The number of halogens is 1. The quantitative estimate of drug-likeness (QED) is 0.936. The normalized spacial score (nSPS) is 10.7. The summed E-state index contributed by atoms with van der Waals surface area (Å²) < 4.78 is 0.940. The van der Waals surface area contributed by atoms with Crippen molar-refractivity contribution in [1.82, 2.24) is 4.98 Å². The molecule has 0 saturated heterocycles. The molecule has 96 valence electrons. The number of thiazole rings is 1. The van der Waals surface area contributed by atoms with Gasteiger partial charge >= 0.3 is 0 Å². The number of nitrogens with zero attached hydrogens (tertiary/aromatic N) is 2. The highest BCUT2D eigenvalue weighted by atomic mass is 79.9. The molecule has 0 bridgehead atoms. The van der Waals surface area contributed by atoms with E-state index in [-0.39, 0.29) is 6.61 Å². The third kappa shape index (κ3) is 2.91. The van der Waals surface area contributed by atoms with Crippen LogP contribution in [0.5, 0.6) is 0 Å². The maximum Gasteiger partial charge on any atom is 0.0798 e. The lowest BCUT2D eigenvalue weighted by atomic mass is 10.2. The predicted octanol–water partition coefficient (Wildman–Crippen LogP) is 3.34. The molecule has 0 atom stereocenters. The molecule has 1 N–H and O–H groups in total. The van der Waals surface area contributed by atoms with Gasteiger partial charge in [-0.1, -0.05) is 22.0 Å². The Morgan fingerprint density at radius 3 is 2.78 bits per heavy atom. The van der Waals surface area contributed by atoms with Gasteiger partial charge in [-0.25, -0.2) is 4.98 Å². The summed E-state index contributed by atoms with van der Waals surface area (Å²) >= 11 is 5.15. The van der Waals surface area contributed by atoms with Crippen molar-refractivity contribution in [2.45, 2.75) is 20.1 Å². The summed E-state index contributed by atoms with van der Waals surface area (Å²) in [5, 5.41) is 9.14. The summed E-state index contributed by atoms with van der Waals surface area (Å²) in [7, 11) is 2.06. The second-order valence-corrected chi connectivity index (χ2v) is 5.94. The number of aliphatic hydroxyl groups is 1. The molecule has 0 aliphatic carbocycles. The van der Waals surface area contributed by atoms with E-state index >= 15 is 0 Å². The molecule has 0 fully saturated rings. The van der Waals surface area contributed by atoms with E-state index in [1.54, 1.807) is 11.3 Å². The number of benzene rings is 1. The minimum absolute atomic E-state index is 0.0541. The van der Waals surface area contributed by atoms with Gasteiger partial charge in [-0.3, -0.25) is 0 Å². The topological polar surface area (TPSA) is 36.4 Å². The fourth-order valence-corrected chi connectivity index (χ4v) is 3.01. The van der Waals surface area contributed by atoms with E-state index in [0.29, 0.717) is 0 Å². The van der Waals surface area contributed by atoms with Crippen LogP contribution < -0.4 is 4.90 Å². The Hall–Kier alpha value is -0.910. The first-order chi connectivity index (χ1) is 8.61. The Balaban J connectivity index is 2.16. The summed E-state index contributed by atoms with van der Waals surface area (Å²) in [4.78, 5) is 7.71. The van der Waals surface area contributed by atoms with Crippen molar-refractivity contribution < 1.29 is 5.11 Å². The maximum atomic E-state index is 9.14. The molecule has 1 aromatic carbocycles. The van der Waals surface area contributed by atoms with Crippen LogP contribution in [0.1, 0.15) is 16.1 Å². The number of rotatable bonds is 4. The second kappa shape index (κ2) is 5.82. The highest BCUT2D eigenvalue weighted by Crippen LogP contribution is 2.25. The third-order valence-corrected chi connectivity index (χ3v) is 4.53. The zero-order valence-electron chi connectivity index (χ0n) is 10.4. The van der Waals surface area contributed by atoms with Gasteiger partial charge in [-0.15, -0.1) is 11.3 Å². The summed E-state index contributed by atoms with van der Waals surface area (Å²) in [5.74, 6) is 0. The standard InChI is InChI=1S/C13H15BrN2OS/c1-9-13(18-8-15-9)6-16(2)11-4-3-10(7-17)12(14)5-11/h3-5,8,17H,6-7H2,1-2H3. The number of hydrogen-bond donors (Lipinski definition) is 1. The lowest BCUT2D eigenvalue weighted by Gasteiger charge is -2.19. The first-order valence-corrected chi connectivity index (χ1v) is 7.28. The van der Waals surface area contributed by atoms with Crippen molar-refractivity contribution in [2.75, 3.05) is 11.9 Å². The van der Waals surface area contributed by atoms with Crippen LogP contribution in [0.15, 0.2) is 28.2 Å². The number of anilines is 1. The number of hydrogen-bond acceptors (Lipinski definition) is 4. The zero-order chi connectivity index (χ0) is 13.1. The molecular formula is C13H15BrN2OS. The fraction of sp³-hybridized carbons (Fsp3) is 0.308. The highest BCUT2D eigenvalue weighted by molar-refractivity contribution is 9.10. The monoisotopic (exact) mass is 326 g/mol. The largest absolute Gasteiger partial charge is 0.392 e. The van der Waals surface area contributed by atoms with Gasteiger partial charge in [0.2, 0.25) is 0 Å². The van der Waals surface area contributed by atoms with E-state index in [1.807, 2.05) is 30.6 Å². The maximum absolute atomic E-state index is 9.14. The molecule has 0 unspecified atom stereocenters. The molecule has 1 heterocycles. The Morgan fingerprint density at radius 1 is 1.44 bits per heavy atom. The van der Waals surface area contributed by atoms with Crippen LogP contribution in [0.25, 0.3) is 0 Å². The summed E-state index contributed by atoms with van der Waals surface area (Å²) in [6.07, 6.45) is 0. The Morgan fingerprint density at radius 2 is 2.22 bits per heavy atom. The van der Waals surface area contributed by atoms with Crippen LogP contribution in [-0.2, 0) is 13.2 Å². The number of aromatic nitrogens is 1. The lowest BCUT2D eigenvalue weighted by Crippen LogP contribution is -2.16. The minimum atomic E-state index is 0.0541. The van der Waals surface area contributed by atoms with Gasteiger partial charge in [-0.2, -0.15) is 0 Å². The molecule has 0 amide bonds. The molecule has 1 aromatic heterocycles. The van der Waals surface area contributed by atoms with Gasteiger partial charge < -0.3 is 10.0 Å². The Kier molecular flexibility index (Phi) is 4.37. The van der Waals surface area contributed by atoms with Crippen LogP contribution in [0.2, 0.25) is 0 Å². The van der Waals surface area contributed by atoms with Crippen LogP contribution in [0.3, 0.4) is 0 Å². The average molecular weight is 327 g/mol. The van der Waals surface area contributed by atoms with Crippen LogP contribution in [0, 0.1) is 6.92 Å². The summed E-state index contributed by atoms with van der Waals surface area (Å²) in [6, 6.07) is 5.99. The molecule has 0 spiro atoms. The van der Waals surface area contributed by atoms with Gasteiger partial charge in [0.25, 0.3) is 0 Å². The smallest absolute Gasteiger partial charge is 0.0798 e. The molecule has 5 heteroatoms. The van der Waals surface area contributed by atoms with Crippen LogP contribution in [-0.4, -0.2) is 17.1 Å². The molecule has 0 aliphatic rings. The van der Waals surface area contributed by atoms with Gasteiger partial charge in [0.05, 0.1) is 24.4 Å². The van der Waals surface area contributed by atoms with E-state index in [9.17, 15) is 0 Å². The SMILES string of the molecule is Cc1ncsc1CN(C)c1ccc(CO)c(Br)c1. The van der Waals surface area contributed by atoms with Crippen molar-refractivity contribution in [3.05, 3.63) is 44.3 Å². The minimum Gasteiger partial charge on any atom is -0.392 e. The van der Waals surface area contributed by atoms with E-state index in [4.69, 9.17) is 5.11 Å². The molecular weight excluding hydrogens is 312 g/mol. The highest BCUT2D eigenvalue weighted by Gasteiger charge is 2.08. The number of aryl methyl sites for hydroxylation is 1. The first-order valence-electron chi connectivity index (χ1n) is 5.61. The second-order valence-electron chi connectivity index (χ2n) is 4.15. The Bertz CT molecular complexity index is 542. The predicted molar refractivity (Wildman–Crippen MR) is 79.0 cm³/mol. The van der Waals surface area contributed by atoms with E-state index in [2.05, 4.69) is 32.9 Å². The van der Waals surface area contributed by atoms with E-state index < -0.39 is 0 Å². The van der Waals surface area contributed by atoms with Gasteiger partial charge in [0.1, 0.15) is 0 Å². The lowest BCUT2D eigenvalue weighted by molar-refractivity contribution is 0.281. The summed E-state index contributed by atoms with van der Waals surface area (Å²) in [6.45, 7) is 2.93. The van der Waals surface area contributed by atoms with Crippen molar-refractivity contribution in [3.8, 4) is 0 Å². The van der Waals surface area contributed by atoms with E-state index in [0.717, 1.165) is 28.0 Å². The zero-order valence-corrected chi connectivity index (χ0v) is 12.8.